The second-order valence-electron chi connectivity index (χ2n) is 3.50. The van der Waals surface area contributed by atoms with Crippen LogP contribution in [-0.2, 0) is 9.53 Å². The summed E-state index contributed by atoms with van der Waals surface area (Å²) in [6, 6.07) is 1.95. The molecule has 1 amide bonds. The van der Waals surface area contributed by atoms with Gasteiger partial charge >= 0.3 is 5.97 Å². The van der Waals surface area contributed by atoms with Crippen molar-refractivity contribution in [3.05, 3.63) is 33.6 Å². The van der Waals surface area contributed by atoms with Crippen molar-refractivity contribution in [2.45, 2.75) is 6.10 Å². The van der Waals surface area contributed by atoms with Crippen molar-refractivity contribution < 1.29 is 23.8 Å². The molecule has 0 aliphatic carbocycles. The van der Waals surface area contributed by atoms with Gasteiger partial charge in [0.15, 0.2) is 6.10 Å². The standard InChI is InChI=1S/C11H10Cl2FNO4/c1-19-11(18)9(16)4-15-10(17)5-2-8(14)7(13)3-6(5)12/h2-3,9,16H,4H2,1H3,(H,15,17). The number of carbonyl (C=O) groups excluding carboxylic acids is 2. The Morgan fingerprint density at radius 3 is 2.63 bits per heavy atom. The van der Waals surface area contributed by atoms with Crippen molar-refractivity contribution in [2.75, 3.05) is 13.7 Å². The van der Waals surface area contributed by atoms with Gasteiger partial charge in [0.1, 0.15) is 5.82 Å². The van der Waals surface area contributed by atoms with Crippen LogP contribution in [0, 0.1) is 5.82 Å². The Bertz CT molecular complexity index is 510. The van der Waals surface area contributed by atoms with E-state index >= 15 is 0 Å². The zero-order chi connectivity index (χ0) is 14.6. The van der Waals surface area contributed by atoms with Gasteiger partial charge in [0.25, 0.3) is 5.91 Å². The number of rotatable bonds is 4. The Labute approximate surface area is 118 Å². The Kier molecular flexibility index (Phi) is 5.53. The summed E-state index contributed by atoms with van der Waals surface area (Å²) in [5, 5.41) is 11.2. The molecule has 19 heavy (non-hydrogen) atoms. The first kappa shape index (κ1) is 15.7. The van der Waals surface area contributed by atoms with Crippen molar-refractivity contribution in [1.82, 2.24) is 5.32 Å². The van der Waals surface area contributed by atoms with E-state index in [0.29, 0.717) is 0 Å². The molecule has 1 atom stereocenters. The fourth-order valence-electron chi connectivity index (χ4n) is 1.20. The molecule has 104 valence electrons. The van der Waals surface area contributed by atoms with Crippen molar-refractivity contribution >= 4 is 35.1 Å². The molecule has 5 nitrogen and oxygen atoms in total. The predicted octanol–water partition coefficient (Wildman–Crippen LogP) is 1.40. The Hall–Kier alpha value is -1.37. The first-order chi connectivity index (χ1) is 8.86. The predicted molar refractivity (Wildman–Crippen MR) is 66.8 cm³/mol. The van der Waals surface area contributed by atoms with Crippen LogP contribution in [0.2, 0.25) is 10.0 Å². The summed E-state index contributed by atoms with van der Waals surface area (Å²) in [7, 11) is 1.10. The lowest BCUT2D eigenvalue weighted by Gasteiger charge is -2.10. The van der Waals surface area contributed by atoms with E-state index in [1.54, 1.807) is 0 Å². The van der Waals surface area contributed by atoms with Gasteiger partial charge < -0.3 is 15.2 Å². The normalized spacial score (nSPS) is 11.8. The quantitative estimate of drug-likeness (QED) is 0.651. The number of amides is 1. The molecule has 1 aromatic carbocycles. The van der Waals surface area contributed by atoms with Crippen LogP contribution in [0.25, 0.3) is 0 Å². The summed E-state index contributed by atoms with van der Waals surface area (Å²) in [6.07, 6.45) is -1.51. The van der Waals surface area contributed by atoms with E-state index in [1.165, 1.54) is 0 Å². The topological polar surface area (TPSA) is 75.6 Å². The minimum absolute atomic E-state index is 0.0449. The third kappa shape index (κ3) is 4.05. The Morgan fingerprint density at radius 1 is 1.42 bits per heavy atom. The van der Waals surface area contributed by atoms with Gasteiger partial charge in [0.2, 0.25) is 0 Å². The van der Waals surface area contributed by atoms with Crippen LogP contribution in [-0.4, -0.2) is 36.7 Å². The molecule has 0 radical (unpaired) electrons. The number of hydrogen-bond acceptors (Lipinski definition) is 4. The third-order valence-electron chi connectivity index (χ3n) is 2.18. The van der Waals surface area contributed by atoms with E-state index in [2.05, 4.69) is 10.1 Å². The molecule has 1 rings (SSSR count). The summed E-state index contributed by atoms with van der Waals surface area (Å²) >= 11 is 11.2. The van der Waals surface area contributed by atoms with Crippen molar-refractivity contribution in [3.8, 4) is 0 Å². The van der Waals surface area contributed by atoms with E-state index in [4.69, 9.17) is 23.2 Å². The molecule has 0 saturated heterocycles. The number of nitrogens with one attached hydrogen (secondary N) is 1. The molecule has 8 heteroatoms. The SMILES string of the molecule is COC(=O)C(O)CNC(=O)c1cc(F)c(Cl)cc1Cl. The maximum Gasteiger partial charge on any atom is 0.336 e. The molecule has 0 bridgehead atoms. The number of hydrogen-bond donors (Lipinski definition) is 2. The first-order valence-corrected chi connectivity index (χ1v) is 5.81. The van der Waals surface area contributed by atoms with Crippen LogP contribution in [0.15, 0.2) is 12.1 Å². The number of ether oxygens (including phenoxy) is 1. The fraction of sp³-hybridized carbons (Fsp3) is 0.273. The summed E-state index contributed by atoms with van der Waals surface area (Å²) in [6.45, 7) is -0.383. The Balaban J connectivity index is 2.74. The highest BCUT2D eigenvalue weighted by atomic mass is 35.5. The van der Waals surface area contributed by atoms with Crippen LogP contribution in [0.3, 0.4) is 0 Å². The molecule has 0 saturated carbocycles. The maximum absolute atomic E-state index is 13.2. The van der Waals surface area contributed by atoms with E-state index in [1.807, 2.05) is 0 Å². The molecule has 1 unspecified atom stereocenters. The summed E-state index contributed by atoms with van der Waals surface area (Å²) in [5.74, 6) is -2.44. The number of aliphatic hydroxyl groups excluding tert-OH is 1. The molecule has 0 aromatic heterocycles. The van der Waals surface area contributed by atoms with Gasteiger partial charge in [-0.2, -0.15) is 0 Å². The van der Waals surface area contributed by atoms with Gasteiger partial charge in [0, 0.05) is 0 Å². The average Bonchev–Trinajstić information content (AvgIpc) is 2.38. The van der Waals surface area contributed by atoms with Gasteiger partial charge in [-0.25, -0.2) is 9.18 Å². The third-order valence-corrected chi connectivity index (χ3v) is 2.79. The minimum atomic E-state index is -1.51. The molecule has 0 heterocycles. The fourth-order valence-corrected chi connectivity index (χ4v) is 1.67. The van der Waals surface area contributed by atoms with Crippen molar-refractivity contribution in [1.29, 1.82) is 0 Å². The lowest BCUT2D eigenvalue weighted by atomic mass is 10.2. The summed E-state index contributed by atoms with van der Waals surface area (Å²) in [4.78, 5) is 22.6. The molecule has 1 aromatic rings. The van der Waals surface area contributed by atoms with E-state index in [9.17, 15) is 19.1 Å². The lowest BCUT2D eigenvalue weighted by molar-refractivity contribution is -0.149. The molecular formula is C11H10Cl2FNO4. The Morgan fingerprint density at radius 2 is 2.05 bits per heavy atom. The molecule has 0 aliphatic heterocycles. The zero-order valence-corrected chi connectivity index (χ0v) is 11.3. The maximum atomic E-state index is 13.2. The summed E-state index contributed by atoms with van der Waals surface area (Å²) in [5.41, 5.74) is -0.152. The number of aliphatic hydroxyl groups is 1. The molecule has 0 spiro atoms. The second-order valence-corrected chi connectivity index (χ2v) is 4.31. The van der Waals surface area contributed by atoms with Gasteiger partial charge in [-0.15, -0.1) is 0 Å². The molecule has 0 fully saturated rings. The number of halogens is 3. The van der Waals surface area contributed by atoms with Gasteiger partial charge in [0.05, 0.1) is 29.3 Å². The van der Waals surface area contributed by atoms with Gasteiger partial charge in [-0.05, 0) is 12.1 Å². The monoisotopic (exact) mass is 309 g/mol. The highest BCUT2D eigenvalue weighted by Crippen LogP contribution is 2.24. The average molecular weight is 310 g/mol. The van der Waals surface area contributed by atoms with Crippen LogP contribution in [0.1, 0.15) is 10.4 Å². The number of carbonyl (C=O) groups is 2. The minimum Gasteiger partial charge on any atom is -0.467 e. The largest absolute Gasteiger partial charge is 0.467 e. The zero-order valence-electron chi connectivity index (χ0n) is 9.75. The highest BCUT2D eigenvalue weighted by Gasteiger charge is 2.19. The van der Waals surface area contributed by atoms with E-state index in [-0.39, 0.29) is 22.2 Å². The number of benzene rings is 1. The molecule has 2 N–H and O–H groups in total. The second kappa shape index (κ2) is 6.70. The number of esters is 1. The highest BCUT2D eigenvalue weighted by molar-refractivity contribution is 6.36. The van der Waals surface area contributed by atoms with Crippen LogP contribution in [0.5, 0.6) is 0 Å². The van der Waals surface area contributed by atoms with Crippen LogP contribution < -0.4 is 5.32 Å². The van der Waals surface area contributed by atoms with E-state index in [0.717, 1.165) is 19.2 Å². The first-order valence-electron chi connectivity index (χ1n) is 5.05. The van der Waals surface area contributed by atoms with Gasteiger partial charge in [-0.3, -0.25) is 4.79 Å². The van der Waals surface area contributed by atoms with Crippen LogP contribution >= 0.6 is 23.2 Å². The smallest absolute Gasteiger partial charge is 0.336 e. The summed E-state index contributed by atoms with van der Waals surface area (Å²) < 4.78 is 17.5. The lowest BCUT2D eigenvalue weighted by Crippen LogP contribution is -2.37. The van der Waals surface area contributed by atoms with Gasteiger partial charge in [-0.1, -0.05) is 23.2 Å². The number of methoxy groups -OCH3 is 1. The molecule has 0 aliphatic rings. The van der Waals surface area contributed by atoms with Crippen LogP contribution in [0.4, 0.5) is 4.39 Å². The van der Waals surface area contributed by atoms with Crippen molar-refractivity contribution in [2.24, 2.45) is 0 Å². The van der Waals surface area contributed by atoms with Crippen molar-refractivity contribution in [3.63, 3.8) is 0 Å². The van der Waals surface area contributed by atoms with E-state index < -0.39 is 23.8 Å². The molecular weight excluding hydrogens is 300 g/mol.